The number of carbonyl (C=O) groups is 3. The van der Waals surface area contributed by atoms with E-state index in [-0.39, 0.29) is 28.4 Å². The highest BCUT2D eigenvalue weighted by atomic mass is 35.5. The van der Waals surface area contributed by atoms with Crippen molar-refractivity contribution in [3.05, 3.63) is 99.5 Å². The van der Waals surface area contributed by atoms with E-state index in [0.29, 0.717) is 14.9 Å². The number of sulfonamides is 1. The zero-order valence-electron chi connectivity index (χ0n) is 22.2. The van der Waals surface area contributed by atoms with Crippen molar-refractivity contribution in [3.63, 3.8) is 0 Å². The molecule has 40 heavy (non-hydrogen) atoms. The van der Waals surface area contributed by atoms with Crippen molar-refractivity contribution >= 4 is 50.9 Å². The fourth-order valence-corrected chi connectivity index (χ4v) is 6.28. The fourth-order valence-electron chi connectivity index (χ4n) is 4.44. The molecule has 0 saturated carbocycles. The van der Waals surface area contributed by atoms with Gasteiger partial charge in [0.25, 0.3) is 15.9 Å². The third-order valence-corrected chi connectivity index (χ3v) is 8.82. The second-order valence-corrected chi connectivity index (χ2v) is 13.2. The van der Waals surface area contributed by atoms with Crippen molar-refractivity contribution in [2.45, 2.75) is 50.2 Å². The normalized spacial score (nSPS) is 14.9. The summed E-state index contributed by atoms with van der Waals surface area (Å²) in [7, 11) is -4.25. The lowest BCUT2D eigenvalue weighted by Crippen LogP contribution is -2.56. The Morgan fingerprint density at radius 2 is 1.57 bits per heavy atom. The van der Waals surface area contributed by atoms with E-state index in [1.807, 2.05) is 51.1 Å². The van der Waals surface area contributed by atoms with Crippen LogP contribution in [0.5, 0.6) is 0 Å². The van der Waals surface area contributed by atoms with Crippen LogP contribution in [0.1, 0.15) is 42.3 Å². The van der Waals surface area contributed by atoms with Gasteiger partial charge in [0.2, 0.25) is 11.8 Å². The summed E-state index contributed by atoms with van der Waals surface area (Å²) in [4.78, 5) is 41.8. The number of hydrogen-bond donors (Lipinski definition) is 1. The molecule has 1 aliphatic rings. The summed E-state index contributed by atoms with van der Waals surface area (Å²) in [5.41, 5.74) is 0.752. The molecule has 3 aromatic carbocycles. The summed E-state index contributed by atoms with van der Waals surface area (Å²) in [6.45, 7) is 4.61. The molecule has 0 bridgehead atoms. The van der Waals surface area contributed by atoms with Gasteiger partial charge in [0.1, 0.15) is 17.5 Å². The topological polar surface area (TPSA) is 104 Å². The number of fused-ring (bicyclic) bond motifs is 1. The van der Waals surface area contributed by atoms with E-state index < -0.39 is 45.9 Å². The number of halogens is 2. The van der Waals surface area contributed by atoms with Gasteiger partial charge in [0.05, 0.1) is 15.6 Å². The van der Waals surface area contributed by atoms with Crippen LogP contribution in [0.3, 0.4) is 0 Å². The van der Waals surface area contributed by atoms with Crippen molar-refractivity contribution in [2.75, 3.05) is 6.54 Å². The summed E-state index contributed by atoms with van der Waals surface area (Å²) in [6.07, 6.45) is 0.150. The van der Waals surface area contributed by atoms with E-state index in [4.69, 9.17) is 23.2 Å². The Morgan fingerprint density at radius 3 is 2.20 bits per heavy atom. The smallest absolute Gasteiger partial charge is 0.269 e. The van der Waals surface area contributed by atoms with Gasteiger partial charge in [0.15, 0.2) is 0 Å². The maximum atomic E-state index is 14.0. The summed E-state index contributed by atoms with van der Waals surface area (Å²) in [6, 6.07) is 18.8. The van der Waals surface area contributed by atoms with E-state index in [0.717, 1.165) is 5.56 Å². The molecule has 1 aliphatic heterocycles. The Bertz CT molecular complexity index is 1560. The Hall–Kier alpha value is -3.40. The van der Waals surface area contributed by atoms with Gasteiger partial charge in [-0.25, -0.2) is 12.7 Å². The molecule has 1 N–H and O–H groups in total. The first kappa shape index (κ1) is 29.6. The Kier molecular flexibility index (Phi) is 8.58. The molecule has 0 unspecified atom stereocenters. The highest BCUT2D eigenvalue weighted by Crippen LogP contribution is 2.30. The van der Waals surface area contributed by atoms with Crippen molar-refractivity contribution in [1.82, 2.24) is 14.5 Å². The number of benzene rings is 3. The number of rotatable bonds is 8. The molecular formula is C29H29Cl2N3O5S. The van der Waals surface area contributed by atoms with Crippen LogP contribution in [0.15, 0.2) is 77.7 Å². The summed E-state index contributed by atoms with van der Waals surface area (Å²) >= 11 is 12.3. The molecule has 0 aromatic heterocycles. The zero-order chi connectivity index (χ0) is 29.2. The average Bonchev–Trinajstić information content (AvgIpc) is 3.08. The molecule has 0 spiro atoms. The lowest BCUT2D eigenvalue weighted by molar-refractivity contribution is -0.141. The second kappa shape index (κ2) is 11.6. The number of amides is 3. The van der Waals surface area contributed by atoms with Gasteiger partial charge in [0, 0.05) is 18.5 Å². The van der Waals surface area contributed by atoms with Crippen LogP contribution in [0, 0.1) is 0 Å². The van der Waals surface area contributed by atoms with E-state index in [2.05, 4.69) is 5.32 Å². The van der Waals surface area contributed by atoms with E-state index in [1.54, 1.807) is 24.3 Å². The van der Waals surface area contributed by atoms with Crippen molar-refractivity contribution < 1.29 is 22.8 Å². The zero-order valence-corrected chi connectivity index (χ0v) is 24.6. The number of nitrogens with one attached hydrogen (secondary N) is 1. The summed E-state index contributed by atoms with van der Waals surface area (Å²) < 4.78 is 27.0. The van der Waals surface area contributed by atoms with Gasteiger partial charge in [-0.15, -0.1) is 0 Å². The molecule has 11 heteroatoms. The predicted octanol–water partition coefficient (Wildman–Crippen LogP) is 4.69. The van der Waals surface area contributed by atoms with Crippen LogP contribution >= 0.6 is 23.2 Å². The van der Waals surface area contributed by atoms with E-state index in [9.17, 15) is 22.8 Å². The van der Waals surface area contributed by atoms with Crippen LogP contribution in [-0.4, -0.2) is 53.5 Å². The standard InChI is InChI=1S/C29H29Cl2N3O5S/c1-29(2,3)32-27(36)24(16-19-9-5-4-6-10-19)33(17-20-13-14-22(30)23(31)15-20)26(35)18-34-28(37)21-11-7-8-12-25(21)40(34,38)39/h4-15,24H,16-18H2,1-3H3,(H,32,36)/t24-/m0/s1. The molecule has 8 nitrogen and oxygen atoms in total. The molecule has 1 atom stereocenters. The van der Waals surface area contributed by atoms with Crippen LogP contribution in [0.25, 0.3) is 0 Å². The molecule has 0 saturated heterocycles. The van der Waals surface area contributed by atoms with Gasteiger partial charge in [-0.1, -0.05) is 71.7 Å². The third kappa shape index (κ3) is 6.49. The number of nitrogens with zero attached hydrogens (tertiary/aromatic N) is 2. The first-order valence-electron chi connectivity index (χ1n) is 12.5. The molecule has 0 fully saturated rings. The van der Waals surface area contributed by atoms with E-state index in [1.165, 1.54) is 23.1 Å². The van der Waals surface area contributed by atoms with Gasteiger partial charge in [-0.05, 0) is 56.2 Å². The second-order valence-electron chi connectivity index (χ2n) is 10.5. The lowest BCUT2D eigenvalue weighted by atomic mass is 10.0. The lowest BCUT2D eigenvalue weighted by Gasteiger charge is -2.34. The maximum absolute atomic E-state index is 14.0. The van der Waals surface area contributed by atoms with Crippen LogP contribution in [-0.2, 0) is 32.6 Å². The Labute approximate surface area is 243 Å². The van der Waals surface area contributed by atoms with Crippen molar-refractivity contribution in [3.8, 4) is 0 Å². The van der Waals surface area contributed by atoms with Gasteiger partial charge in [-0.2, -0.15) is 0 Å². The monoisotopic (exact) mass is 601 g/mol. The van der Waals surface area contributed by atoms with Crippen LogP contribution < -0.4 is 5.32 Å². The van der Waals surface area contributed by atoms with Gasteiger partial charge >= 0.3 is 0 Å². The molecule has 210 valence electrons. The SMILES string of the molecule is CC(C)(C)NC(=O)[C@H](Cc1ccccc1)N(Cc1ccc(Cl)c(Cl)c1)C(=O)CN1C(=O)c2ccccc2S1(=O)=O. The number of carbonyl (C=O) groups excluding carboxylic acids is 3. The Morgan fingerprint density at radius 1 is 0.925 bits per heavy atom. The average molecular weight is 603 g/mol. The highest BCUT2D eigenvalue weighted by Gasteiger charge is 2.43. The maximum Gasteiger partial charge on any atom is 0.269 e. The first-order chi connectivity index (χ1) is 18.8. The minimum absolute atomic E-state index is 0.00218. The highest BCUT2D eigenvalue weighted by molar-refractivity contribution is 7.90. The Balaban J connectivity index is 1.75. The molecule has 3 amide bonds. The fraction of sp³-hybridized carbons (Fsp3) is 0.276. The predicted molar refractivity (Wildman–Crippen MR) is 154 cm³/mol. The minimum atomic E-state index is -4.25. The molecule has 0 radical (unpaired) electrons. The van der Waals surface area contributed by atoms with Crippen LogP contribution in [0.4, 0.5) is 0 Å². The van der Waals surface area contributed by atoms with Crippen molar-refractivity contribution in [1.29, 1.82) is 0 Å². The largest absolute Gasteiger partial charge is 0.350 e. The van der Waals surface area contributed by atoms with Gasteiger partial charge < -0.3 is 10.2 Å². The summed E-state index contributed by atoms with van der Waals surface area (Å²) in [5, 5.41) is 3.52. The molecule has 1 heterocycles. The van der Waals surface area contributed by atoms with E-state index >= 15 is 0 Å². The van der Waals surface area contributed by atoms with Gasteiger partial charge in [-0.3, -0.25) is 14.4 Å². The van der Waals surface area contributed by atoms with Crippen LogP contribution in [0.2, 0.25) is 10.0 Å². The number of hydrogen-bond acceptors (Lipinski definition) is 5. The molecule has 4 rings (SSSR count). The molecule has 0 aliphatic carbocycles. The molecule has 3 aromatic rings. The minimum Gasteiger partial charge on any atom is -0.350 e. The third-order valence-electron chi connectivity index (χ3n) is 6.30. The summed E-state index contributed by atoms with van der Waals surface area (Å²) in [5.74, 6) is -1.94. The van der Waals surface area contributed by atoms with Crippen molar-refractivity contribution in [2.24, 2.45) is 0 Å². The first-order valence-corrected chi connectivity index (χ1v) is 14.7. The quantitative estimate of drug-likeness (QED) is 0.403. The molecular weight excluding hydrogens is 573 g/mol.